The Hall–Kier alpha value is -1.58. The van der Waals surface area contributed by atoms with Crippen molar-refractivity contribution < 1.29 is 14.2 Å². The van der Waals surface area contributed by atoms with Gasteiger partial charge in [0, 0.05) is 5.02 Å². The highest BCUT2D eigenvalue weighted by atomic mass is 35.5. The zero-order valence-corrected chi connectivity index (χ0v) is 11.2. The number of halogens is 2. The van der Waals surface area contributed by atoms with E-state index in [9.17, 15) is 9.50 Å². The molecule has 2 aromatic carbocycles. The number of hydrogen-bond acceptors (Lipinski definition) is 2. The van der Waals surface area contributed by atoms with Crippen molar-refractivity contribution in [3.8, 4) is 5.75 Å². The van der Waals surface area contributed by atoms with Crippen LogP contribution in [0.4, 0.5) is 4.39 Å². The summed E-state index contributed by atoms with van der Waals surface area (Å²) in [6.45, 7) is 2.43. The van der Waals surface area contributed by atoms with Crippen molar-refractivity contribution in [2.24, 2.45) is 0 Å². The van der Waals surface area contributed by atoms with Gasteiger partial charge in [-0.3, -0.25) is 0 Å². The summed E-state index contributed by atoms with van der Waals surface area (Å²) in [7, 11) is 0. The lowest BCUT2D eigenvalue weighted by Crippen LogP contribution is -2.01. The van der Waals surface area contributed by atoms with Crippen LogP contribution in [-0.2, 0) is 0 Å². The second kappa shape index (κ2) is 6.04. The third-order valence-electron chi connectivity index (χ3n) is 2.69. The molecule has 1 unspecified atom stereocenters. The van der Waals surface area contributed by atoms with Gasteiger partial charge in [0.1, 0.15) is 17.7 Å². The number of rotatable bonds is 4. The van der Waals surface area contributed by atoms with E-state index in [-0.39, 0.29) is 5.02 Å². The smallest absolute Gasteiger partial charge is 0.125 e. The predicted molar refractivity (Wildman–Crippen MR) is 73.1 cm³/mol. The molecule has 0 amide bonds. The molecule has 0 aliphatic carbocycles. The molecule has 0 heterocycles. The molecular formula is C15H14ClFO2. The summed E-state index contributed by atoms with van der Waals surface area (Å²) in [5.74, 6) is 0.198. The first-order valence-electron chi connectivity index (χ1n) is 5.97. The van der Waals surface area contributed by atoms with E-state index in [1.165, 1.54) is 12.1 Å². The molecule has 0 aliphatic rings. The maximum atomic E-state index is 13.3. The number of ether oxygens (including phenoxy) is 1. The highest BCUT2D eigenvalue weighted by Crippen LogP contribution is 2.27. The largest absolute Gasteiger partial charge is 0.494 e. The SMILES string of the molecule is CCOc1cccc(C(O)c2cc(F)cc(Cl)c2)c1. The Morgan fingerprint density at radius 3 is 2.68 bits per heavy atom. The van der Waals surface area contributed by atoms with Gasteiger partial charge in [0.05, 0.1) is 6.61 Å². The monoisotopic (exact) mass is 280 g/mol. The minimum atomic E-state index is -0.936. The van der Waals surface area contributed by atoms with Crippen LogP contribution in [0.15, 0.2) is 42.5 Å². The topological polar surface area (TPSA) is 29.5 Å². The Kier molecular flexibility index (Phi) is 4.40. The van der Waals surface area contributed by atoms with E-state index in [1.54, 1.807) is 30.3 Å². The summed E-state index contributed by atoms with van der Waals surface area (Å²) in [5, 5.41) is 10.5. The molecule has 4 heteroatoms. The van der Waals surface area contributed by atoms with Crippen molar-refractivity contribution >= 4 is 11.6 Å². The standard InChI is InChI=1S/C15H14ClFO2/c1-2-19-14-5-3-4-10(8-14)15(18)11-6-12(16)9-13(17)7-11/h3-9,15,18H,2H2,1H3. The highest BCUT2D eigenvalue weighted by Gasteiger charge is 2.13. The predicted octanol–water partition coefficient (Wildman–Crippen LogP) is 3.96. The Morgan fingerprint density at radius 1 is 1.21 bits per heavy atom. The molecule has 100 valence electrons. The van der Waals surface area contributed by atoms with Crippen LogP contribution in [0.3, 0.4) is 0 Å². The van der Waals surface area contributed by atoms with Gasteiger partial charge in [0.2, 0.25) is 0 Å². The zero-order valence-electron chi connectivity index (χ0n) is 10.4. The summed E-state index contributed by atoms with van der Waals surface area (Å²) in [6, 6.07) is 11.1. The van der Waals surface area contributed by atoms with E-state index >= 15 is 0 Å². The van der Waals surface area contributed by atoms with Crippen LogP contribution in [-0.4, -0.2) is 11.7 Å². The van der Waals surface area contributed by atoms with Crippen molar-refractivity contribution in [1.29, 1.82) is 0 Å². The lowest BCUT2D eigenvalue weighted by molar-refractivity contribution is 0.219. The quantitative estimate of drug-likeness (QED) is 0.918. The lowest BCUT2D eigenvalue weighted by atomic mass is 10.0. The number of aliphatic hydroxyl groups excluding tert-OH is 1. The molecule has 2 rings (SSSR count). The summed E-state index contributed by atoms with van der Waals surface area (Å²) < 4.78 is 18.7. The van der Waals surface area contributed by atoms with Crippen molar-refractivity contribution in [3.05, 3.63) is 64.4 Å². The average molecular weight is 281 g/mol. The highest BCUT2D eigenvalue weighted by molar-refractivity contribution is 6.30. The third-order valence-corrected chi connectivity index (χ3v) is 2.90. The molecule has 19 heavy (non-hydrogen) atoms. The molecule has 0 saturated heterocycles. The first kappa shape index (κ1) is 13.8. The lowest BCUT2D eigenvalue weighted by Gasteiger charge is -2.13. The van der Waals surface area contributed by atoms with E-state index in [0.29, 0.717) is 23.5 Å². The second-order valence-electron chi connectivity index (χ2n) is 4.11. The van der Waals surface area contributed by atoms with Gasteiger partial charge in [-0.05, 0) is 48.4 Å². The molecule has 0 fully saturated rings. The summed E-state index contributed by atoms with van der Waals surface area (Å²) >= 11 is 5.79. The van der Waals surface area contributed by atoms with E-state index < -0.39 is 11.9 Å². The molecule has 0 radical (unpaired) electrons. The summed E-state index contributed by atoms with van der Waals surface area (Å²) in [6.07, 6.45) is -0.936. The van der Waals surface area contributed by atoms with Gasteiger partial charge < -0.3 is 9.84 Å². The second-order valence-corrected chi connectivity index (χ2v) is 4.55. The fraction of sp³-hybridized carbons (Fsp3) is 0.200. The summed E-state index contributed by atoms with van der Waals surface area (Å²) in [5.41, 5.74) is 1.05. The van der Waals surface area contributed by atoms with Crippen LogP contribution in [0.5, 0.6) is 5.75 Å². The molecule has 2 aromatic rings. The Bertz CT molecular complexity index is 552. The minimum Gasteiger partial charge on any atom is -0.494 e. The minimum absolute atomic E-state index is 0.259. The van der Waals surface area contributed by atoms with Crippen LogP contribution in [0, 0.1) is 5.82 Å². The molecule has 0 aromatic heterocycles. The summed E-state index contributed by atoms with van der Waals surface area (Å²) in [4.78, 5) is 0. The van der Waals surface area contributed by atoms with Gasteiger partial charge in [0.15, 0.2) is 0 Å². The van der Waals surface area contributed by atoms with E-state index in [1.807, 2.05) is 6.92 Å². The first-order chi connectivity index (χ1) is 9.10. The molecular weight excluding hydrogens is 267 g/mol. The van der Waals surface area contributed by atoms with E-state index in [2.05, 4.69) is 0 Å². The molecule has 2 nitrogen and oxygen atoms in total. The fourth-order valence-corrected chi connectivity index (χ4v) is 2.10. The van der Waals surface area contributed by atoms with Crippen LogP contribution in [0.1, 0.15) is 24.2 Å². The van der Waals surface area contributed by atoms with Crippen molar-refractivity contribution in [1.82, 2.24) is 0 Å². The Balaban J connectivity index is 2.32. The van der Waals surface area contributed by atoms with Crippen LogP contribution in [0.25, 0.3) is 0 Å². The van der Waals surface area contributed by atoms with Gasteiger partial charge in [0.25, 0.3) is 0 Å². The normalized spacial score (nSPS) is 12.2. The number of benzene rings is 2. The van der Waals surface area contributed by atoms with Crippen LogP contribution >= 0.6 is 11.6 Å². The maximum Gasteiger partial charge on any atom is 0.125 e. The first-order valence-corrected chi connectivity index (χ1v) is 6.34. The molecule has 1 N–H and O–H groups in total. The molecule has 0 saturated carbocycles. The van der Waals surface area contributed by atoms with Crippen LogP contribution in [0.2, 0.25) is 5.02 Å². The zero-order chi connectivity index (χ0) is 13.8. The average Bonchev–Trinajstić information content (AvgIpc) is 2.37. The Labute approximate surface area is 116 Å². The molecule has 0 bridgehead atoms. The van der Waals surface area contributed by atoms with Crippen molar-refractivity contribution in [2.75, 3.05) is 6.61 Å². The number of hydrogen-bond donors (Lipinski definition) is 1. The van der Waals surface area contributed by atoms with E-state index in [4.69, 9.17) is 16.3 Å². The van der Waals surface area contributed by atoms with Gasteiger partial charge in [-0.25, -0.2) is 4.39 Å². The maximum absolute atomic E-state index is 13.3. The number of aliphatic hydroxyl groups is 1. The van der Waals surface area contributed by atoms with Crippen LogP contribution < -0.4 is 4.74 Å². The van der Waals surface area contributed by atoms with E-state index in [0.717, 1.165) is 0 Å². The van der Waals surface area contributed by atoms with Crippen molar-refractivity contribution in [2.45, 2.75) is 13.0 Å². The molecule has 1 atom stereocenters. The van der Waals surface area contributed by atoms with Gasteiger partial charge >= 0.3 is 0 Å². The third kappa shape index (κ3) is 3.46. The van der Waals surface area contributed by atoms with Gasteiger partial charge in [-0.1, -0.05) is 23.7 Å². The van der Waals surface area contributed by atoms with Gasteiger partial charge in [-0.15, -0.1) is 0 Å². The molecule has 0 spiro atoms. The van der Waals surface area contributed by atoms with Gasteiger partial charge in [-0.2, -0.15) is 0 Å². The molecule has 0 aliphatic heterocycles. The fourth-order valence-electron chi connectivity index (χ4n) is 1.87. The van der Waals surface area contributed by atoms with Crippen molar-refractivity contribution in [3.63, 3.8) is 0 Å². The Morgan fingerprint density at radius 2 is 2.00 bits per heavy atom.